The number of hydrogen-bond donors (Lipinski definition) is 1. The molecule has 0 spiro atoms. The third-order valence-corrected chi connectivity index (χ3v) is 3.85. The van der Waals surface area contributed by atoms with Gasteiger partial charge in [-0.25, -0.2) is 0 Å². The first-order valence-electron chi connectivity index (χ1n) is 5.75. The smallest absolute Gasteiger partial charge is 0.111 e. The van der Waals surface area contributed by atoms with E-state index in [1.54, 1.807) is 0 Å². The highest BCUT2D eigenvalue weighted by molar-refractivity contribution is 6.09. The van der Waals surface area contributed by atoms with E-state index in [0.717, 1.165) is 5.84 Å². The van der Waals surface area contributed by atoms with Gasteiger partial charge in [-0.2, -0.15) is 0 Å². The van der Waals surface area contributed by atoms with E-state index < -0.39 is 0 Å². The third-order valence-electron chi connectivity index (χ3n) is 3.85. The van der Waals surface area contributed by atoms with Crippen LogP contribution in [0.4, 0.5) is 5.69 Å². The molecule has 3 nitrogen and oxygen atoms in total. The largest absolute Gasteiger partial charge is 0.396 e. The monoisotopic (exact) mass is 216 g/mol. The number of fused-ring (bicyclic) bond motifs is 3. The molecule has 1 N–H and O–H groups in total. The van der Waals surface area contributed by atoms with E-state index in [9.17, 15) is 5.11 Å². The van der Waals surface area contributed by atoms with Gasteiger partial charge in [0.2, 0.25) is 0 Å². The minimum atomic E-state index is 0.209. The first-order valence-corrected chi connectivity index (χ1v) is 5.75. The molecule has 0 amide bonds. The van der Waals surface area contributed by atoms with Crippen molar-refractivity contribution in [3.05, 3.63) is 29.8 Å². The number of anilines is 1. The number of benzene rings is 1. The van der Waals surface area contributed by atoms with Crippen LogP contribution >= 0.6 is 0 Å². The zero-order valence-electron chi connectivity index (χ0n) is 9.59. The number of likely N-dealkylation sites (N-methyl/N-ethyl adjacent to an activating group) is 1. The van der Waals surface area contributed by atoms with Crippen molar-refractivity contribution in [3.8, 4) is 0 Å². The first-order chi connectivity index (χ1) is 7.74. The molecule has 1 aromatic rings. The van der Waals surface area contributed by atoms with Crippen molar-refractivity contribution in [1.29, 1.82) is 0 Å². The zero-order chi connectivity index (χ0) is 11.3. The van der Waals surface area contributed by atoms with E-state index in [4.69, 9.17) is 0 Å². The number of aliphatic hydroxyl groups is 1. The van der Waals surface area contributed by atoms with Gasteiger partial charge in [0.15, 0.2) is 0 Å². The van der Waals surface area contributed by atoms with Crippen LogP contribution in [0.2, 0.25) is 0 Å². The summed E-state index contributed by atoms with van der Waals surface area (Å²) in [4.78, 5) is 6.84. The van der Waals surface area contributed by atoms with Crippen molar-refractivity contribution in [2.75, 3.05) is 18.6 Å². The second kappa shape index (κ2) is 3.32. The van der Waals surface area contributed by atoms with Gasteiger partial charge in [0.05, 0.1) is 12.0 Å². The Balaban J connectivity index is 2.13. The summed E-state index contributed by atoms with van der Waals surface area (Å²) >= 11 is 0. The number of aliphatic hydroxyl groups excluding tert-OH is 1. The molecule has 0 aromatic heterocycles. The van der Waals surface area contributed by atoms with E-state index in [2.05, 4.69) is 42.1 Å². The quantitative estimate of drug-likeness (QED) is 0.774. The molecular weight excluding hydrogens is 200 g/mol. The van der Waals surface area contributed by atoms with Gasteiger partial charge < -0.3 is 10.0 Å². The van der Waals surface area contributed by atoms with Crippen LogP contribution < -0.4 is 4.90 Å². The summed E-state index contributed by atoms with van der Waals surface area (Å²) < 4.78 is 0. The lowest BCUT2D eigenvalue weighted by Crippen LogP contribution is -2.25. The maximum atomic E-state index is 9.50. The molecule has 3 heteroatoms. The average Bonchev–Trinajstić information content (AvgIpc) is 2.76. The van der Waals surface area contributed by atoms with E-state index in [-0.39, 0.29) is 18.6 Å². The highest BCUT2D eigenvalue weighted by Crippen LogP contribution is 2.46. The molecule has 2 aliphatic heterocycles. The fourth-order valence-electron chi connectivity index (χ4n) is 2.96. The standard InChI is InChI=1S/C13H16N2O/c1-8-10(7-16)12-9-5-3-4-6-11(9)15(2)13(12)14-8/h3-6,8,10,12,16H,7H2,1-2H3/t8-,10-,12-/m0/s1. The van der Waals surface area contributed by atoms with E-state index in [1.165, 1.54) is 11.3 Å². The molecule has 2 heterocycles. The van der Waals surface area contributed by atoms with Crippen molar-refractivity contribution in [2.45, 2.75) is 18.9 Å². The predicted molar refractivity (Wildman–Crippen MR) is 65.1 cm³/mol. The lowest BCUT2D eigenvalue weighted by molar-refractivity contribution is 0.211. The number of para-hydroxylation sites is 1. The van der Waals surface area contributed by atoms with Gasteiger partial charge >= 0.3 is 0 Å². The third kappa shape index (κ3) is 1.09. The Morgan fingerprint density at radius 3 is 2.88 bits per heavy atom. The number of aliphatic imine (C=N–C) groups is 1. The molecule has 0 unspecified atom stereocenters. The summed E-state index contributed by atoms with van der Waals surface area (Å²) in [6, 6.07) is 8.61. The molecule has 2 aliphatic rings. The zero-order valence-corrected chi connectivity index (χ0v) is 9.59. The van der Waals surface area contributed by atoms with E-state index in [1.807, 2.05) is 6.07 Å². The Bertz CT molecular complexity index is 455. The van der Waals surface area contributed by atoms with E-state index >= 15 is 0 Å². The second-order valence-electron chi connectivity index (χ2n) is 4.67. The average molecular weight is 216 g/mol. The fourth-order valence-corrected chi connectivity index (χ4v) is 2.96. The lowest BCUT2D eigenvalue weighted by atomic mass is 9.86. The van der Waals surface area contributed by atoms with Gasteiger partial charge in [-0.05, 0) is 18.6 Å². The summed E-state index contributed by atoms with van der Waals surface area (Å²) in [5, 5.41) is 9.50. The Hall–Kier alpha value is -1.35. The molecule has 3 rings (SSSR count). The minimum Gasteiger partial charge on any atom is -0.396 e. The van der Waals surface area contributed by atoms with Gasteiger partial charge in [0, 0.05) is 25.3 Å². The van der Waals surface area contributed by atoms with Crippen LogP contribution in [0.25, 0.3) is 0 Å². The molecule has 0 aliphatic carbocycles. The molecule has 0 saturated carbocycles. The van der Waals surface area contributed by atoms with Crippen LogP contribution in [0, 0.1) is 5.92 Å². The summed E-state index contributed by atoms with van der Waals surface area (Å²) in [6.45, 7) is 2.30. The SMILES string of the molecule is C[C@@H]1N=C2[C@@H](c3ccccc3N2C)[C@H]1CO. The number of hydrogen-bond acceptors (Lipinski definition) is 3. The van der Waals surface area contributed by atoms with E-state index in [0.29, 0.717) is 5.92 Å². The maximum Gasteiger partial charge on any atom is 0.111 e. The molecule has 1 aromatic carbocycles. The van der Waals surface area contributed by atoms with Crippen LogP contribution in [0.15, 0.2) is 29.3 Å². The molecule has 16 heavy (non-hydrogen) atoms. The van der Waals surface area contributed by atoms with Crippen molar-refractivity contribution >= 4 is 11.5 Å². The predicted octanol–water partition coefficient (Wildman–Crippen LogP) is 1.63. The first kappa shape index (κ1) is 9.85. The molecule has 0 bridgehead atoms. The second-order valence-corrected chi connectivity index (χ2v) is 4.67. The Morgan fingerprint density at radius 2 is 2.12 bits per heavy atom. The summed E-state index contributed by atoms with van der Waals surface area (Å²) in [6.07, 6.45) is 0. The number of rotatable bonds is 1. The highest BCUT2D eigenvalue weighted by atomic mass is 16.3. The van der Waals surface area contributed by atoms with Crippen LogP contribution in [-0.2, 0) is 0 Å². The molecule has 84 valence electrons. The number of nitrogens with zero attached hydrogens (tertiary/aromatic N) is 2. The van der Waals surface area contributed by atoms with Crippen LogP contribution in [-0.4, -0.2) is 30.6 Å². The van der Waals surface area contributed by atoms with Crippen LogP contribution in [0.1, 0.15) is 18.4 Å². The molecule has 0 fully saturated rings. The topological polar surface area (TPSA) is 35.8 Å². The Morgan fingerprint density at radius 1 is 1.38 bits per heavy atom. The fraction of sp³-hybridized carbons (Fsp3) is 0.462. The van der Waals surface area contributed by atoms with Gasteiger partial charge in [-0.15, -0.1) is 0 Å². The van der Waals surface area contributed by atoms with Crippen molar-refractivity contribution < 1.29 is 5.11 Å². The molecule has 3 atom stereocenters. The Labute approximate surface area is 95.4 Å². The van der Waals surface area contributed by atoms with Crippen LogP contribution in [0.5, 0.6) is 0 Å². The summed E-state index contributed by atoms with van der Waals surface area (Å²) in [5.74, 6) is 1.65. The molecular formula is C13H16N2O. The van der Waals surface area contributed by atoms with Gasteiger partial charge in [0.1, 0.15) is 5.84 Å². The van der Waals surface area contributed by atoms with Crippen molar-refractivity contribution in [3.63, 3.8) is 0 Å². The van der Waals surface area contributed by atoms with Gasteiger partial charge in [0.25, 0.3) is 0 Å². The lowest BCUT2D eigenvalue weighted by Gasteiger charge is -2.17. The summed E-state index contributed by atoms with van der Waals surface area (Å²) in [7, 11) is 2.06. The minimum absolute atomic E-state index is 0.209. The molecule has 0 radical (unpaired) electrons. The normalized spacial score (nSPS) is 31.3. The number of amidine groups is 1. The van der Waals surface area contributed by atoms with Gasteiger partial charge in [-0.3, -0.25) is 4.99 Å². The summed E-state index contributed by atoms with van der Waals surface area (Å²) in [5.41, 5.74) is 2.55. The van der Waals surface area contributed by atoms with Crippen LogP contribution in [0.3, 0.4) is 0 Å². The highest BCUT2D eigenvalue weighted by Gasteiger charge is 2.44. The van der Waals surface area contributed by atoms with Crippen molar-refractivity contribution in [2.24, 2.45) is 10.9 Å². The molecule has 0 saturated heterocycles. The Kier molecular flexibility index (Phi) is 2.04. The van der Waals surface area contributed by atoms with Gasteiger partial charge in [-0.1, -0.05) is 18.2 Å². The van der Waals surface area contributed by atoms with Crippen molar-refractivity contribution in [1.82, 2.24) is 0 Å². The maximum absolute atomic E-state index is 9.50.